The predicted molar refractivity (Wildman–Crippen MR) is 332 cm³/mol. The summed E-state index contributed by atoms with van der Waals surface area (Å²) in [4.78, 5) is 56.9. The monoisotopic (exact) mass is 1150 g/mol. The van der Waals surface area contributed by atoms with Gasteiger partial charge in [-0.1, -0.05) is 187 Å². The zero-order chi connectivity index (χ0) is 63.8. The summed E-state index contributed by atoms with van der Waals surface area (Å²) in [7, 11) is -1.00. The summed E-state index contributed by atoms with van der Waals surface area (Å²) in [6, 6.07) is 26.4. The van der Waals surface area contributed by atoms with Crippen molar-refractivity contribution in [3.63, 3.8) is 0 Å². The van der Waals surface area contributed by atoms with Crippen molar-refractivity contribution in [3.8, 4) is 11.4 Å². The number of rotatable bonds is 16. The van der Waals surface area contributed by atoms with E-state index in [-0.39, 0.29) is 52.8 Å². The molecule has 1 aromatic heterocycles. The topological polar surface area (TPSA) is 303 Å². The second-order valence-electron chi connectivity index (χ2n) is 23.2. The Kier molecular flexibility index (Phi) is 38.9. The number of carbonyl (C=O) groups is 4. The molecule has 4 aromatic carbocycles. The van der Waals surface area contributed by atoms with Crippen molar-refractivity contribution in [2.24, 2.45) is 44.2 Å². The van der Waals surface area contributed by atoms with Crippen LogP contribution in [-0.4, -0.2) is 88.5 Å². The van der Waals surface area contributed by atoms with Crippen molar-refractivity contribution < 1.29 is 45.0 Å². The minimum absolute atomic E-state index is 0. The molecule has 83 heavy (non-hydrogen) atoms. The van der Waals surface area contributed by atoms with Gasteiger partial charge in [0.05, 0.1) is 27.2 Å². The third-order valence-electron chi connectivity index (χ3n) is 11.0. The quantitative estimate of drug-likeness (QED) is 0.0146. The standard InChI is InChI=1S/C19H27N3O2.C14H21N3O2.C14H18N2O.C8H5NO2.C6H15N.CH3F.CH4.H3NO/c1-5-6-7-16-21-17(22-24-16)14-8-10-15(11-9-14)18(23)20-13-12-19(2,3)4;1-14(2,3)8-9-16-13(18)11-6-4-10(5-7-11)12(15)17-19;1-14(2,3)9-10-16-13(17)11-5-7-12(15-4)8-6-11;1-9-7-4-2-6(3-5-7)8(10)11;1-6(2,3)4-5-7;1-2;;1-2/h8-11H,5-7,12-13H2,1-4H3,(H,20,23);4-7,19H,8-9H2,1-3H3,(H2,15,17)(H,16,18);5-8H,9-10H2,1-3H3,(H,16,17);2-5H,(H,10,11);4-5,7H2,1-3H3;1H3;1H4;2H,1H2/i;;;;;1D;;. The van der Waals surface area contributed by atoms with E-state index in [0.29, 0.717) is 70.4 Å². The van der Waals surface area contributed by atoms with Gasteiger partial charge in [-0.15, -0.1) is 0 Å². The molecule has 20 heteroatoms. The number of alkyl halides is 1. The van der Waals surface area contributed by atoms with Gasteiger partial charge in [-0.2, -0.15) is 4.98 Å². The highest BCUT2D eigenvalue weighted by Crippen LogP contribution is 2.21. The molecular formula is C63H96FN11O8. The minimum atomic E-state index is -1.00. The molecule has 0 aliphatic heterocycles. The van der Waals surface area contributed by atoms with Crippen LogP contribution in [0.25, 0.3) is 21.1 Å². The summed E-state index contributed by atoms with van der Waals surface area (Å²) in [6.07, 6.45) is 6.86. The zero-order valence-electron chi connectivity index (χ0n) is 51.5. The molecule has 0 aliphatic carbocycles. The molecule has 12 N–H and O–H groups in total. The van der Waals surface area contributed by atoms with Crippen LogP contribution in [0.5, 0.6) is 0 Å². The molecule has 0 saturated heterocycles. The van der Waals surface area contributed by atoms with Gasteiger partial charge < -0.3 is 47.5 Å². The highest BCUT2D eigenvalue weighted by Gasteiger charge is 2.15. The molecule has 5 rings (SSSR count). The Labute approximate surface area is 495 Å². The van der Waals surface area contributed by atoms with Crippen LogP contribution in [0.15, 0.2) is 107 Å². The number of unbranched alkanes of at least 4 members (excludes halogenated alkanes) is 1. The van der Waals surface area contributed by atoms with Crippen molar-refractivity contribution in [1.29, 1.82) is 0 Å². The maximum atomic E-state index is 12.1. The first kappa shape index (κ1) is 77.0. The Morgan fingerprint density at radius 3 is 1.24 bits per heavy atom. The normalized spacial score (nSPS) is 10.8. The lowest BCUT2D eigenvalue weighted by molar-refractivity contribution is 0.0695. The molecule has 0 aliphatic rings. The Hall–Kier alpha value is -8.04. The number of aromatic nitrogens is 2. The Balaban J connectivity index is -0.000000995. The fourth-order valence-corrected chi connectivity index (χ4v) is 6.18. The minimum Gasteiger partial charge on any atom is -0.478 e. The molecule has 19 nitrogen and oxygen atoms in total. The molecule has 0 radical (unpaired) electrons. The molecule has 0 spiro atoms. The second-order valence-corrected chi connectivity index (χ2v) is 23.2. The number of nitrogens with zero attached hydrogens (tertiary/aromatic N) is 5. The lowest BCUT2D eigenvalue weighted by Crippen LogP contribution is -2.27. The average molecular weight is 1160 g/mol. The highest BCUT2D eigenvalue weighted by atomic mass is 19.1. The van der Waals surface area contributed by atoms with E-state index in [1.807, 2.05) is 12.1 Å². The number of amides is 3. The van der Waals surface area contributed by atoms with Crippen molar-refractivity contribution in [1.82, 2.24) is 26.1 Å². The number of hydrogen-bond donors (Lipinski definition) is 9. The summed E-state index contributed by atoms with van der Waals surface area (Å²) in [5.41, 5.74) is 16.3. The van der Waals surface area contributed by atoms with Crippen LogP contribution < -0.4 is 33.3 Å². The maximum Gasteiger partial charge on any atom is 0.335 e. The number of hydrogen-bond acceptors (Lipinski definition) is 12. The Morgan fingerprint density at radius 2 is 0.952 bits per heavy atom. The number of aryl methyl sites for hydroxylation is 1. The van der Waals surface area contributed by atoms with Gasteiger partial charge in [0.25, 0.3) is 17.7 Å². The molecule has 3 amide bonds. The van der Waals surface area contributed by atoms with Gasteiger partial charge in [0.15, 0.2) is 17.2 Å². The number of oxime groups is 1. The number of halogens is 1. The number of nitrogens with two attached hydrogens (primary N) is 3. The smallest absolute Gasteiger partial charge is 0.335 e. The van der Waals surface area contributed by atoms with E-state index in [4.69, 9.17) is 46.0 Å². The van der Waals surface area contributed by atoms with Gasteiger partial charge in [-0.3, -0.25) is 18.8 Å². The van der Waals surface area contributed by atoms with Gasteiger partial charge >= 0.3 is 5.97 Å². The number of amidine groups is 1. The lowest BCUT2D eigenvalue weighted by Gasteiger charge is -2.18. The molecule has 458 valence electrons. The van der Waals surface area contributed by atoms with E-state index in [1.54, 1.807) is 60.7 Å². The summed E-state index contributed by atoms with van der Waals surface area (Å²) in [6.45, 7) is 44.2. The lowest BCUT2D eigenvalue weighted by atomic mass is 9.92. The van der Waals surface area contributed by atoms with Gasteiger partial charge in [-0.25, -0.2) is 20.4 Å². The van der Waals surface area contributed by atoms with Crippen molar-refractivity contribution in [2.75, 3.05) is 33.3 Å². The van der Waals surface area contributed by atoms with Gasteiger partial charge in [0.2, 0.25) is 11.7 Å². The fraction of sp³-hybridized carbons (Fsp3) is 0.476. The summed E-state index contributed by atoms with van der Waals surface area (Å²) >= 11 is 0. The van der Waals surface area contributed by atoms with E-state index in [2.05, 4.69) is 137 Å². The van der Waals surface area contributed by atoms with Crippen molar-refractivity contribution in [2.45, 2.75) is 142 Å². The highest BCUT2D eigenvalue weighted by molar-refractivity contribution is 5.99. The Morgan fingerprint density at radius 1 is 0.627 bits per heavy atom. The molecule has 1 heterocycles. The summed E-state index contributed by atoms with van der Waals surface area (Å²) < 4.78 is 20.7. The van der Waals surface area contributed by atoms with Crippen LogP contribution in [-0.2, 0) is 6.42 Å². The van der Waals surface area contributed by atoms with E-state index < -0.39 is 13.1 Å². The third kappa shape index (κ3) is 38.3. The van der Waals surface area contributed by atoms with Gasteiger partial charge in [-0.05, 0) is 84.6 Å². The zero-order valence-corrected chi connectivity index (χ0v) is 50.5. The summed E-state index contributed by atoms with van der Waals surface area (Å²) in [5.74, 6) is 3.54. The molecule has 5 aromatic rings. The van der Waals surface area contributed by atoms with E-state index in [1.165, 1.54) is 24.3 Å². The van der Waals surface area contributed by atoms with Crippen LogP contribution in [0.1, 0.15) is 190 Å². The van der Waals surface area contributed by atoms with E-state index >= 15 is 0 Å². The van der Waals surface area contributed by atoms with E-state index in [9.17, 15) is 23.6 Å². The Bertz CT molecular complexity index is 2730. The molecule has 0 saturated carbocycles. The van der Waals surface area contributed by atoms with Gasteiger partial charge in [0, 0.05) is 53.9 Å². The predicted octanol–water partition coefficient (Wildman–Crippen LogP) is 13.5. The largest absolute Gasteiger partial charge is 0.478 e. The third-order valence-corrected chi connectivity index (χ3v) is 11.0. The van der Waals surface area contributed by atoms with Crippen LogP contribution in [0, 0.1) is 34.8 Å². The maximum absolute atomic E-state index is 12.1. The van der Waals surface area contributed by atoms with Crippen molar-refractivity contribution >= 4 is 40.9 Å². The molecule has 0 bridgehead atoms. The van der Waals surface area contributed by atoms with Crippen LogP contribution in [0.3, 0.4) is 0 Å². The number of carbonyl (C=O) groups excluding carboxylic acids is 3. The second kappa shape index (κ2) is 41.9. The first-order valence-electron chi connectivity index (χ1n) is 27.4. The van der Waals surface area contributed by atoms with Crippen molar-refractivity contribution in [3.05, 3.63) is 154 Å². The first-order chi connectivity index (χ1) is 38.9. The molecule has 0 unspecified atom stereocenters. The van der Waals surface area contributed by atoms with Crippen LogP contribution in [0.4, 0.5) is 15.8 Å². The molecular weight excluding hydrogens is 1060 g/mol. The molecule has 0 fully saturated rings. The van der Waals surface area contributed by atoms with Crippen LogP contribution >= 0.6 is 0 Å². The number of benzene rings is 4. The fourth-order valence-electron chi connectivity index (χ4n) is 6.18. The van der Waals surface area contributed by atoms with Crippen LogP contribution in [0.2, 0.25) is 0 Å². The molecule has 0 atom stereocenters. The summed E-state index contributed by atoms with van der Waals surface area (Å²) in [5, 5.41) is 39.1. The van der Waals surface area contributed by atoms with E-state index in [0.717, 1.165) is 57.1 Å². The first-order valence-corrected chi connectivity index (χ1v) is 26.7. The van der Waals surface area contributed by atoms with Gasteiger partial charge in [0.1, 0.15) is 0 Å². The number of carboxylic acid groups (broad SMARTS) is 1. The average Bonchev–Trinajstić information content (AvgIpc) is 4.10. The number of carboxylic acids is 1. The number of nitrogens with one attached hydrogen (secondary N) is 3. The number of aromatic carboxylic acids is 1. The SMILES string of the molecule is C.CC(C)(C)CCN.CC(C)(C)CCNC(=O)c1ccc(/C(N)=N/O)cc1.CCCCc1nc(-c2ccc(C(=O)NCCC(C)(C)C)cc2)no1.NO.[2H]CF.[C-]#[N+]c1ccc(C(=O)NCCC(C)(C)C)cc1.[C-]#[N+]c1ccc(C(=O)O)cc1.